The summed E-state index contributed by atoms with van der Waals surface area (Å²) in [7, 11) is 0. The van der Waals surface area contributed by atoms with Gasteiger partial charge in [0.1, 0.15) is 0 Å². The third kappa shape index (κ3) is 2.79. The molecule has 1 atom stereocenters. The van der Waals surface area contributed by atoms with E-state index in [4.69, 9.17) is 9.47 Å². The van der Waals surface area contributed by atoms with Crippen molar-refractivity contribution in [3.8, 4) is 11.5 Å². The summed E-state index contributed by atoms with van der Waals surface area (Å²) in [5.41, 5.74) is 0.658. The number of carbonyl (C=O) groups excluding carboxylic acids is 1. The number of carbonyl (C=O) groups is 1. The first-order valence-corrected chi connectivity index (χ1v) is 8.63. The first-order valence-electron chi connectivity index (χ1n) is 7.82. The van der Waals surface area contributed by atoms with E-state index in [0.717, 1.165) is 30.9 Å². The third-order valence-electron chi connectivity index (χ3n) is 4.32. The number of hydrogen-bond acceptors (Lipinski definition) is 5. The number of nitrogens with zero attached hydrogens (tertiary/aromatic N) is 2. The quantitative estimate of drug-likeness (QED) is 0.848. The summed E-state index contributed by atoms with van der Waals surface area (Å²) in [5, 5.41) is 1.14. The fraction of sp³-hybridized carbons (Fsp3) is 0.412. The maximum Gasteiger partial charge on any atom is 0.254 e. The molecule has 1 saturated heterocycles. The van der Waals surface area contributed by atoms with Crippen LogP contribution in [0.2, 0.25) is 0 Å². The molecule has 0 bridgehead atoms. The van der Waals surface area contributed by atoms with Gasteiger partial charge in [0.05, 0.1) is 5.01 Å². The van der Waals surface area contributed by atoms with Crippen LogP contribution in [0.1, 0.15) is 39.0 Å². The van der Waals surface area contributed by atoms with Gasteiger partial charge in [-0.25, -0.2) is 4.98 Å². The molecule has 4 rings (SSSR count). The molecule has 3 heterocycles. The Morgan fingerprint density at radius 2 is 2.22 bits per heavy atom. The fourth-order valence-electron chi connectivity index (χ4n) is 3.14. The number of ether oxygens (including phenoxy) is 2. The Morgan fingerprint density at radius 1 is 1.35 bits per heavy atom. The van der Waals surface area contributed by atoms with Crippen LogP contribution in [0.3, 0.4) is 0 Å². The van der Waals surface area contributed by atoms with Crippen molar-refractivity contribution in [1.29, 1.82) is 0 Å². The van der Waals surface area contributed by atoms with E-state index in [1.807, 2.05) is 17.2 Å². The normalized spacial score (nSPS) is 19.9. The lowest BCUT2D eigenvalue weighted by Gasteiger charge is -2.32. The largest absolute Gasteiger partial charge is 0.454 e. The highest BCUT2D eigenvalue weighted by molar-refractivity contribution is 7.11. The molecule has 2 aromatic rings. The number of aryl methyl sites for hydroxylation is 1. The standard InChI is InChI=1S/C17H18N2O3S/c1-11-8-18-16(23-11)13-3-2-6-19(9-13)17(20)12-4-5-14-15(7-12)22-10-21-14/h4-5,7-8,13H,2-3,6,9-10H2,1H3. The van der Waals surface area contributed by atoms with Gasteiger partial charge in [-0.15, -0.1) is 11.3 Å². The molecule has 0 N–H and O–H groups in total. The minimum Gasteiger partial charge on any atom is -0.454 e. The maximum absolute atomic E-state index is 12.8. The first kappa shape index (κ1) is 14.5. The van der Waals surface area contributed by atoms with Crippen LogP contribution < -0.4 is 9.47 Å². The lowest BCUT2D eigenvalue weighted by molar-refractivity contribution is 0.0706. The molecule has 1 amide bonds. The van der Waals surface area contributed by atoms with E-state index < -0.39 is 0 Å². The number of piperidine rings is 1. The molecular weight excluding hydrogens is 312 g/mol. The number of thiazole rings is 1. The molecule has 0 radical (unpaired) electrons. The van der Waals surface area contributed by atoms with E-state index in [9.17, 15) is 4.79 Å². The third-order valence-corrected chi connectivity index (χ3v) is 5.39. The van der Waals surface area contributed by atoms with Gasteiger partial charge in [0.2, 0.25) is 6.79 Å². The van der Waals surface area contributed by atoms with Crippen molar-refractivity contribution in [2.45, 2.75) is 25.7 Å². The molecule has 23 heavy (non-hydrogen) atoms. The Morgan fingerprint density at radius 3 is 3.04 bits per heavy atom. The van der Waals surface area contributed by atoms with Crippen LogP contribution >= 0.6 is 11.3 Å². The number of benzene rings is 1. The summed E-state index contributed by atoms with van der Waals surface area (Å²) >= 11 is 1.73. The van der Waals surface area contributed by atoms with Gasteiger partial charge in [0, 0.05) is 35.6 Å². The lowest BCUT2D eigenvalue weighted by atomic mass is 9.98. The zero-order valence-corrected chi connectivity index (χ0v) is 13.8. The number of likely N-dealkylation sites (tertiary alicyclic amines) is 1. The summed E-state index contributed by atoms with van der Waals surface area (Å²) in [4.78, 5) is 20.4. The average molecular weight is 330 g/mol. The van der Waals surface area contributed by atoms with Crippen molar-refractivity contribution in [2.24, 2.45) is 0 Å². The predicted octanol–water partition coefficient (Wildman–Crippen LogP) is 3.20. The second kappa shape index (κ2) is 5.85. The summed E-state index contributed by atoms with van der Waals surface area (Å²) in [6.07, 6.45) is 4.02. The first-order chi connectivity index (χ1) is 11.2. The molecule has 1 fully saturated rings. The second-order valence-electron chi connectivity index (χ2n) is 5.97. The van der Waals surface area contributed by atoms with Crippen LogP contribution in [0.25, 0.3) is 0 Å². The van der Waals surface area contributed by atoms with Gasteiger partial charge in [-0.2, -0.15) is 0 Å². The number of aromatic nitrogens is 1. The molecule has 0 saturated carbocycles. The van der Waals surface area contributed by atoms with E-state index >= 15 is 0 Å². The zero-order valence-electron chi connectivity index (χ0n) is 12.9. The van der Waals surface area contributed by atoms with Crippen molar-refractivity contribution < 1.29 is 14.3 Å². The van der Waals surface area contributed by atoms with Gasteiger partial charge in [-0.3, -0.25) is 4.79 Å². The second-order valence-corrected chi connectivity index (χ2v) is 7.23. The summed E-state index contributed by atoms with van der Waals surface area (Å²) in [6, 6.07) is 5.40. The number of fused-ring (bicyclic) bond motifs is 1. The highest BCUT2D eigenvalue weighted by Crippen LogP contribution is 2.34. The smallest absolute Gasteiger partial charge is 0.254 e. The number of rotatable bonds is 2. The molecule has 0 aliphatic carbocycles. The van der Waals surface area contributed by atoms with Crippen molar-refractivity contribution in [3.05, 3.63) is 39.8 Å². The van der Waals surface area contributed by atoms with Crippen LogP contribution in [0.4, 0.5) is 0 Å². The summed E-state index contributed by atoms with van der Waals surface area (Å²) < 4.78 is 10.7. The minimum absolute atomic E-state index is 0.0567. The van der Waals surface area contributed by atoms with Crippen LogP contribution in [0.5, 0.6) is 11.5 Å². The van der Waals surface area contributed by atoms with Crippen molar-refractivity contribution >= 4 is 17.2 Å². The molecule has 2 aliphatic heterocycles. The van der Waals surface area contributed by atoms with Crippen LogP contribution in [-0.2, 0) is 0 Å². The van der Waals surface area contributed by atoms with Gasteiger partial charge in [0.15, 0.2) is 11.5 Å². The van der Waals surface area contributed by atoms with Gasteiger partial charge < -0.3 is 14.4 Å². The molecule has 5 nitrogen and oxygen atoms in total. The number of amides is 1. The molecule has 1 aromatic carbocycles. The fourth-order valence-corrected chi connectivity index (χ4v) is 4.04. The van der Waals surface area contributed by atoms with Crippen molar-refractivity contribution in [1.82, 2.24) is 9.88 Å². The topological polar surface area (TPSA) is 51.7 Å². The summed E-state index contributed by atoms with van der Waals surface area (Å²) in [5.74, 6) is 1.76. The van der Waals surface area contributed by atoms with Gasteiger partial charge in [-0.05, 0) is 38.0 Å². The van der Waals surface area contributed by atoms with E-state index in [1.165, 1.54) is 4.88 Å². The highest BCUT2D eigenvalue weighted by Gasteiger charge is 2.28. The molecule has 1 aromatic heterocycles. The molecule has 6 heteroatoms. The van der Waals surface area contributed by atoms with Gasteiger partial charge in [-0.1, -0.05) is 0 Å². The Hall–Kier alpha value is -2.08. The van der Waals surface area contributed by atoms with Gasteiger partial charge in [0.25, 0.3) is 5.91 Å². The molecule has 0 spiro atoms. The molecule has 1 unspecified atom stereocenters. The van der Waals surface area contributed by atoms with E-state index in [2.05, 4.69) is 11.9 Å². The lowest BCUT2D eigenvalue weighted by Crippen LogP contribution is -2.39. The van der Waals surface area contributed by atoms with Crippen LogP contribution in [-0.4, -0.2) is 35.7 Å². The van der Waals surface area contributed by atoms with E-state index in [0.29, 0.717) is 23.0 Å². The number of hydrogen-bond donors (Lipinski definition) is 0. The summed E-state index contributed by atoms with van der Waals surface area (Å²) in [6.45, 7) is 3.83. The Bertz CT molecular complexity index is 743. The van der Waals surface area contributed by atoms with Crippen LogP contribution in [0, 0.1) is 6.92 Å². The van der Waals surface area contributed by atoms with Crippen molar-refractivity contribution in [3.63, 3.8) is 0 Å². The molecular formula is C17H18N2O3S. The zero-order chi connectivity index (χ0) is 15.8. The van der Waals surface area contributed by atoms with E-state index in [1.54, 1.807) is 23.5 Å². The molecule has 120 valence electrons. The monoisotopic (exact) mass is 330 g/mol. The average Bonchev–Trinajstić information content (AvgIpc) is 3.22. The van der Waals surface area contributed by atoms with Crippen molar-refractivity contribution in [2.75, 3.05) is 19.9 Å². The Kier molecular flexibility index (Phi) is 3.69. The van der Waals surface area contributed by atoms with Gasteiger partial charge >= 0.3 is 0 Å². The Labute approximate surface area is 138 Å². The highest BCUT2D eigenvalue weighted by atomic mass is 32.1. The maximum atomic E-state index is 12.8. The minimum atomic E-state index is 0.0567. The predicted molar refractivity (Wildman–Crippen MR) is 87.3 cm³/mol. The SMILES string of the molecule is Cc1cnc(C2CCCN(C(=O)c3ccc4c(c3)OCO4)C2)s1. The Balaban J connectivity index is 1.51. The van der Waals surface area contributed by atoms with Crippen LogP contribution in [0.15, 0.2) is 24.4 Å². The van der Waals surface area contributed by atoms with E-state index in [-0.39, 0.29) is 12.7 Å². The molecule has 2 aliphatic rings.